The predicted molar refractivity (Wildman–Crippen MR) is 111 cm³/mol. The van der Waals surface area contributed by atoms with Crippen molar-refractivity contribution >= 4 is 23.2 Å². The second-order valence-electron chi connectivity index (χ2n) is 7.37. The van der Waals surface area contributed by atoms with Crippen molar-refractivity contribution in [3.63, 3.8) is 0 Å². The SMILES string of the molecule is Cc1ccc([C@H]2C[C@@H]2COc2cc(N(Cc3nnc(C)s3)C(=O)O)nc(C)n2)nc1. The lowest BCUT2D eigenvalue weighted by Crippen LogP contribution is -2.29. The smallest absolute Gasteiger partial charge is 0.413 e. The fraction of sp³-hybridized carbons (Fsp3) is 0.400. The van der Waals surface area contributed by atoms with Crippen LogP contribution in [-0.4, -0.2) is 43.0 Å². The summed E-state index contributed by atoms with van der Waals surface area (Å²) in [6.45, 7) is 6.12. The molecule has 0 bridgehead atoms. The summed E-state index contributed by atoms with van der Waals surface area (Å²) in [6, 6.07) is 5.68. The van der Waals surface area contributed by atoms with E-state index in [0.717, 1.165) is 27.6 Å². The molecule has 1 amide bonds. The van der Waals surface area contributed by atoms with Crippen molar-refractivity contribution in [1.29, 1.82) is 0 Å². The van der Waals surface area contributed by atoms with Crippen LogP contribution >= 0.6 is 11.3 Å². The van der Waals surface area contributed by atoms with E-state index < -0.39 is 6.09 Å². The molecule has 9 nitrogen and oxygen atoms in total. The van der Waals surface area contributed by atoms with E-state index in [-0.39, 0.29) is 12.4 Å². The Morgan fingerprint density at radius 2 is 2.10 bits per heavy atom. The minimum absolute atomic E-state index is 0.0700. The molecule has 3 aromatic rings. The van der Waals surface area contributed by atoms with Crippen LogP contribution < -0.4 is 9.64 Å². The van der Waals surface area contributed by atoms with E-state index in [1.807, 2.05) is 20.0 Å². The number of rotatable bonds is 7. The largest absolute Gasteiger partial charge is 0.477 e. The standard InChI is InChI=1S/C20H22N6O3S/c1-11-4-5-16(21-8-11)15-6-14(15)10-29-18-7-17(22-12(2)23-18)26(20(27)28)9-19-25-24-13(3)30-19/h4-5,7-8,14-15H,6,9-10H2,1-3H3,(H,27,28)/t14-,15+/m1/s1. The first-order valence-electron chi connectivity index (χ1n) is 9.59. The van der Waals surface area contributed by atoms with Gasteiger partial charge in [-0.05, 0) is 38.8 Å². The molecule has 3 aromatic heterocycles. The number of ether oxygens (including phenoxy) is 1. The fourth-order valence-electron chi connectivity index (χ4n) is 3.21. The molecule has 0 spiro atoms. The summed E-state index contributed by atoms with van der Waals surface area (Å²) in [4.78, 5) is 26.0. The Morgan fingerprint density at radius 3 is 2.77 bits per heavy atom. The van der Waals surface area contributed by atoms with E-state index in [1.165, 1.54) is 11.3 Å². The zero-order valence-corrected chi connectivity index (χ0v) is 17.8. The van der Waals surface area contributed by atoms with Gasteiger partial charge in [0.15, 0.2) is 0 Å². The van der Waals surface area contributed by atoms with Gasteiger partial charge in [-0.15, -0.1) is 10.2 Å². The topological polar surface area (TPSA) is 114 Å². The lowest BCUT2D eigenvalue weighted by molar-refractivity contribution is 0.201. The molecule has 0 saturated heterocycles. The summed E-state index contributed by atoms with van der Waals surface area (Å²) < 4.78 is 5.89. The van der Waals surface area contributed by atoms with Gasteiger partial charge in [0.1, 0.15) is 21.7 Å². The van der Waals surface area contributed by atoms with Gasteiger partial charge in [-0.3, -0.25) is 9.88 Å². The normalized spacial score (nSPS) is 17.6. The molecule has 3 heterocycles. The van der Waals surface area contributed by atoms with Gasteiger partial charge in [0.2, 0.25) is 5.88 Å². The van der Waals surface area contributed by atoms with Gasteiger partial charge in [0, 0.05) is 29.8 Å². The highest BCUT2D eigenvalue weighted by Gasteiger charge is 2.40. The van der Waals surface area contributed by atoms with Crippen LogP contribution in [0.3, 0.4) is 0 Å². The highest BCUT2D eigenvalue weighted by molar-refractivity contribution is 7.11. The molecule has 1 fully saturated rings. The van der Waals surface area contributed by atoms with E-state index >= 15 is 0 Å². The van der Waals surface area contributed by atoms with E-state index in [9.17, 15) is 9.90 Å². The summed E-state index contributed by atoms with van der Waals surface area (Å²) in [5, 5.41) is 19.0. The first-order chi connectivity index (χ1) is 14.4. The number of aryl methyl sites for hydroxylation is 3. The van der Waals surface area contributed by atoms with Gasteiger partial charge >= 0.3 is 6.09 Å². The number of aromatic nitrogens is 5. The predicted octanol–water partition coefficient (Wildman–Crippen LogP) is 3.52. The molecule has 10 heteroatoms. The Morgan fingerprint density at radius 1 is 1.27 bits per heavy atom. The maximum atomic E-state index is 11.8. The second kappa shape index (κ2) is 8.31. The summed E-state index contributed by atoms with van der Waals surface area (Å²) in [7, 11) is 0. The van der Waals surface area contributed by atoms with Crippen LogP contribution in [0.25, 0.3) is 0 Å². The van der Waals surface area contributed by atoms with E-state index in [1.54, 1.807) is 13.0 Å². The molecule has 1 saturated carbocycles. The van der Waals surface area contributed by atoms with Crippen molar-refractivity contribution < 1.29 is 14.6 Å². The average molecular weight is 427 g/mol. The number of amides is 1. The second-order valence-corrected chi connectivity index (χ2v) is 8.64. The Bertz CT molecular complexity index is 1050. The summed E-state index contributed by atoms with van der Waals surface area (Å²) >= 11 is 1.35. The third-order valence-corrected chi connectivity index (χ3v) is 5.68. The van der Waals surface area contributed by atoms with Gasteiger partial charge in [-0.1, -0.05) is 17.4 Å². The minimum atomic E-state index is -1.13. The Balaban J connectivity index is 1.43. The molecule has 2 atom stereocenters. The van der Waals surface area contributed by atoms with E-state index in [0.29, 0.717) is 35.2 Å². The summed E-state index contributed by atoms with van der Waals surface area (Å²) in [6.07, 6.45) is 1.77. The lowest BCUT2D eigenvalue weighted by atomic mass is 10.2. The van der Waals surface area contributed by atoms with Crippen LogP contribution in [0.4, 0.5) is 10.6 Å². The Hall–Kier alpha value is -3.14. The van der Waals surface area contributed by atoms with E-state index in [2.05, 4.69) is 37.3 Å². The Labute approximate surface area is 177 Å². The van der Waals surface area contributed by atoms with Gasteiger partial charge in [-0.25, -0.2) is 9.78 Å². The number of hydrogen-bond donors (Lipinski definition) is 1. The molecule has 0 aliphatic heterocycles. The molecular formula is C20H22N6O3S. The van der Waals surface area contributed by atoms with Crippen LogP contribution in [0.1, 0.15) is 39.4 Å². The van der Waals surface area contributed by atoms with Crippen LogP contribution in [0.2, 0.25) is 0 Å². The first-order valence-corrected chi connectivity index (χ1v) is 10.4. The number of hydrogen-bond acceptors (Lipinski definition) is 8. The molecule has 0 radical (unpaired) electrons. The van der Waals surface area contributed by atoms with Gasteiger partial charge in [-0.2, -0.15) is 4.98 Å². The number of anilines is 1. The van der Waals surface area contributed by atoms with Crippen LogP contribution in [-0.2, 0) is 6.54 Å². The van der Waals surface area contributed by atoms with Crippen LogP contribution in [0, 0.1) is 26.7 Å². The molecule has 156 valence electrons. The molecule has 1 aliphatic carbocycles. The highest BCUT2D eigenvalue weighted by atomic mass is 32.1. The number of carbonyl (C=O) groups is 1. The molecular weight excluding hydrogens is 404 g/mol. The number of nitrogens with zero attached hydrogens (tertiary/aromatic N) is 6. The van der Waals surface area contributed by atoms with Crippen molar-refractivity contribution in [2.24, 2.45) is 5.92 Å². The third-order valence-electron chi connectivity index (χ3n) is 4.85. The van der Waals surface area contributed by atoms with Crippen molar-refractivity contribution in [2.75, 3.05) is 11.5 Å². The molecule has 1 aliphatic rings. The van der Waals surface area contributed by atoms with Crippen LogP contribution in [0.5, 0.6) is 5.88 Å². The third kappa shape index (κ3) is 4.70. The number of carboxylic acid groups (broad SMARTS) is 1. The quantitative estimate of drug-likeness (QED) is 0.610. The fourth-order valence-corrected chi connectivity index (χ4v) is 3.90. The summed E-state index contributed by atoms with van der Waals surface area (Å²) in [5.41, 5.74) is 2.22. The van der Waals surface area contributed by atoms with Crippen molar-refractivity contribution in [1.82, 2.24) is 25.1 Å². The highest BCUT2D eigenvalue weighted by Crippen LogP contribution is 2.46. The lowest BCUT2D eigenvalue weighted by Gasteiger charge is -2.17. The average Bonchev–Trinajstić information content (AvgIpc) is 3.36. The van der Waals surface area contributed by atoms with Crippen molar-refractivity contribution in [3.8, 4) is 5.88 Å². The summed E-state index contributed by atoms with van der Waals surface area (Å²) in [5.74, 6) is 1.82. The van der Waals surface area contributed by atoms with E-state index in [4.69, 9.17) is 4.74 Å². The Kier molecular flexibility index (Phi) is 5.58. The molecule has 4 rings (SSSR count). The first kappa shape index (κ1) is 20.1. The maximum absolute atomic E-state index is 11.8. The molecule has 1 N–H and O–H groups in total. The molecule has 30 heavy (non-hydrogen) atoms. The maximum Gasteiger partial charge on any atom is 0.413 e. The van der Waals surface area contributed by atoms with Gasteiger partial charge in [0.05, 0.1) is 13.2 Å². The number of pyridine rings is 1. The van der Waals surface area contributed by atoms with Crippen molar-refractivity contribution in [2.45, 2.75) is 39.7 Å². The zero-order valence-electron chi connectivity index (χ0n) is 16.9. The molecule has 0 unspecified atom stereocenters. The zero-order chi connectivity index (χ0) is 21.3. The monoisotopic (exact) mass is 426 g/mol. The molecule has 0 aromatic carbocycles. The van der Waals surface area contributed by atoms with Gasteiger partial charge < -0.3 is 9.84 Å². The van der Waals surface area contributed by atoms with Crippen molar-refractivity contribution in [3.05, 3.63) is 51.5 Å². The van der Waals surface area contributed by atoms with Gasteiger partial charge in [0.25, 0.3) is 0 Å². The minimum Gasteiger partial charge on any atom is -0.477 e. The van der Waals surface area contributed by atoms with Crippen LogP contribution in [0.15, 0.2) is 24.4 Å².